The van der Waals surface area contributed by atoms with Crippen molar-refractivity contribution in [2.24, 2.45) is 17.1 Å². The van der Waals surface area contributed by atoms with Crippen molar-refractivity contribution in [3.05, 3.63) is 0 Å². The summed E-state index contributed by atoms with van der Waals surface area (Å²) in [6, 6.07) is -0.563. The lowest BCUT2D eigenvalue weighted by atomic mass is 9.85. The number of nitrogens with two attached hydrogens (primary N) is 1. The van der Waals surface area contributed by atoms with Crippen molar-refractivity contribution in [2.75, 3.05) is 13.1 Å². The molecule has 1 saturated heterocycles. The fourth-order valence-electron chi connectivity index (χ4n) is 1.38. The molecule has 0 aliphatic carbocycles. The lowest BCUT2D eigenvalue weighted by Gasteiger charge is -2.40. The van der Waals surface area contributed by atoms with Crippen LogP contribution in [0.1, 0.15) is 20.8 Å². The van der Waals surface area contributed by atoms with Crippen LogP contribution in [0.5, 0.6) is 0 Å². The predicted molar refractivity (Wildman–Crippen MR) is 55.1 cm³/mol. The first kappa shape index (κ1) is 12.0. The van der Waals surface area contributed by atoms with Crippen LogP contribution in [0.4, 0.5) is 0 Å². The number of aliphatic carboxylic acids is 1. The quantitative estimate of drug-likeness (QED) is 0.672. The highest BCUT2D eigenvalue weighted by Crippen LogP contribution is 2.23. The highest BCUT2D eigenvalue weighted by Gasteiger charge is 2.40. The van der Waals surface area contributed by atoms with Crippen LogP contribution in [0.2, 0.25) is 0 Å². The van der Waals surface area contributed by atoms with E-state index in [1.54, 1.807) is 0 Å². The second-order valence-corrected chi connectivity index (χ2v) is 5.12. The zero-order chi connectivity index (χ0) is 11.8. The molecule has 15 heavy (non-hydrogen) atoms. The van der Waals surface area contributed by atoms with Gasteiger partial charge < -0.3 is 15.7 Å². The van der Waals surface area contributed by atoms with Crippen LogP contribution in [0.15, 0.2) is 0 Å². The van der Waals surface area contributed by atoms with E-state index in [1.807, 2.05) is 20.8 Å². The van der Waals surface area contributed by atoms with Gasteiger partial charge in [-0.25, -0.2) is 0 Å². The molecule has 0 aromatic heterocycles. The van der Waals surface area contributed by atoms with Gasteiger partial charge in [-0.2, -0.15) is 0 Å². The van der Waals surface area contributed by atoms with E-state index in [4.69, 9.17) is 10.8 Å². The summed E-state index contributed by atoms with van der Waals surface area (Å²) in [6.07, 6.45) is 0. The topological polar surface area (TPSA) is 83.6 Å². The number of carboxylic acids is 1. The molecule has 0 aromatic carbocycles. The first-order valence-corrected chi connectivity index (χ1v) is 5.00. The van der Waals surface area contributed by atoms with Gasteiger partial charge in [0.2, 0.25) is 5.91 Å². The highest BCUT2D eigenvalue weighted by molar-refractivity contribution is 5.85. The molecule has 0 unspecified atom stereocenters. The summed E-state index contributed by atoms with van der Waals surface area (Å²) < 4.78 is 0. The Kier molecular flexibility index (Phi) is 3.04. The maximum Gasteiger partial charge on any atom is 0.310 e. The molecule has 0 spiro atoms. The lowest BCUT2D eigenvalue weighted by molar-refractivity contribution is -0.154. The summed E-state index contributed by atoms with van der Waals surface area (Å²) in [6.45, 7) is 6.26. The minimum Gasteiger partial charge on any atom is -0.481 e. The first-order valence-electron chi connectivity index (χ1n) is 5.00. The summed E-state index contributed by atoms with van der Waals surface area (Å²) in [4.78, 5) is 23.8. The van der Waals surface area contributed by atoms with Crippen molar-refractivity contribution >= 4 is 11.9 Å². The van der Waals surface area contributed by atoms with Crippen molar-refractivity contribution in [3.63, 3.8) is 0 Å². The SMILES string of the molecule is CC(C)(C)[C@H](N)C(=O)N1CC(C(=O)O)C1. The Bertz CT molecular complexity index is 277. The van der Waals surface area contributed by atoms with E-state index in [9.17, 15) is 9.59 Å². The summed E-state index contributed by atoms with van der Waals surface area (Å²) in [5, 5.41) is 8.66. The molecule has 1 atom stereocenters. The van der Waals surface area contributed by atoms with E-state index >= 15 is 0 Å². The third kappa shape index (κ3) is 2.47. The van der Waals surface area contributed by atoms with Crippen LogP contribution in [-0.4, -0.2) is 41.0 Å². The molecule has 5 heteroatoms. The Labute approximate surface area is 89.2 Å². The molecular weight excluding hydrogens is 196 g/mol. The van der Waals surface area contributed by atoms with Gasteiger partial charge in [-0.3, -0.25) is 9.59 Å². The number of carbonyl (C=O) groups excluding carboxylic acids is 1. The molecule has 0 saturated carbocycles. The van der Waals surface area contributed by atoms with Gasteiger partial charge in [0.1, 0.15) is 0 Å². The number of hydrogen-bond donors (Lipinski definition) is 2. The van der Waals surface area contributed by atoms with Crippen molar-refractivity contribution in [3.8, 4) is 0 Å². The fourth-order valence-corrected chi connectivity index (χ4v) is 1.38. The number of carboxylic acid groups (broad SMARTS) is 1. The number of carbonyl (C=O) groups is 2. The summed E-state index contributed by atoms with van der Waals surface area (Å²) in [7, 11) is 0. The normalized spacial score (nSPS) is 19.6. The predicted octanol–water partition coefficient (Wildman–Crippen LogP) is -0.0972. The first-order chi connectivity index (χ1) is 6.73. The Balaban J connectivity index is 2.48. The summed E-state index contributed by atoms with van der Waals surface area (Å²) in [5.74, 6) is -1.41. The Morgan fingerprint density at radius 1 is 1.40 bits per heavy atom. The van der Waals surface area contributed by atoms with Crippen LogP contribution >= 0.6 is 0 Å². The summed E-state index contributed by atoms with van der Waals surface area (Å²) >= 11 is 0. The van der Waals surface area contributed by atoms with E-state index in [2.05, 4.69) is 0 Å². The molecule has 0 bridgehead atoms. The van der Waals surface area contributed by atoms with Crippen LogP contribution in [0, 0.1) is 11.3 Å². The molecule has 3 N–H and O–H groups in total. The molecule has 0 radical (unpaired) electrons. The standard InChI is InChI=1S/C10H18N2O3/c1-10(2,3)7(11)8(13)12-4-6(5-12)9(14)15/h6-7H,4-5,11H2,1-3H3,(H,14,15)/t7-/m1/s1. The second kappa shape index (κ2) is 3.81. The van der Waals surface area contributed by atoms with Crippen LogP contribution in [-0.2, 0) is 9.59 Å². The smallest absolute Gasteiger partial charge is 0.310 e. The van der Waals surface area contributed by atoms with E-state index in [0.29, 0.717) is 0 Å². The van der Waals surface area contributed by atoms with Gasteiger partial charge in [-0.15, -0.1) is 0 Å². The second-order valence-electron chi connectivity index (χ2n) is 5.12. The van der Waals surface area contributed by atoms with Gasteiger partial charge >= 0.3 is 5.97 Å². The molecule has 0 aromatic rings. The van der Waals surface area contributed by atoms with Crippen molar-refractivity contribution in [2.45, 2.75) is 26.8 Å². The van der Waals surface area contributed by atoms with Crippen molar-refractivity contribution < 1.29 is 14.7 Å². The molecule has 1 heterocycles. The van der Waals surface area contributed by atoms with E-state index in [1.165, 1.54) is 4.90 Å². The zero-order valence-electron chi connectivity index (χ0n) is 9.36. The van der Waals surface area contributed by atoms with Crippen LogP contribution in [0.3, 0.4) is 0 Å². The lowest BCUT2D eigenvalue weighted by Crippen LogP contribution is -2.59. The molecule has 1 rings (SSSR count). The monoisotopic (exact) mass is 214 g/mol. The third-order valence-electron chi connectivity index (χ3n) is 2.74. The maximum absolute atomic E-state index is 11.7. The summed E-state index contributed by atoms with van der Waals surface area (Å²) in [5.41, 5.74) is 5.50. The van der Waals surface area contributed by atoms with Gasteiger partial charge in [0, 0.05) is 13.1 Å². The number of nitrogens with zero attached hydrogens (tertiary/aromatic N) is 1. The number of likely N-dealkylation sites (tertiary alicyclic amines) is 1. The minimum atomic E-state index is -0.844. The maximum atomic E-state index is 11.7. The van der Waals surface area contributed by atoms with E-state index in [-0.39, 0.29) is 24.4 Å². The Morgan fingerprint density at radius 2 is 1.87 bits per heavy atom. The van der Waals surface area contributed by atoms with Gasteiger partial charge in [0.05, 0.1) is 12.0 Å². The van der Waals surface area contributed by atoms with Crippen molar-refractivity contribution in [1.82, 2.24) is 4.90 Å². The molecule has 1 amide bonds. The Hall–Kier alpha value is -1.10. The third-order valence-corrected chi connectivity index (χ3v) is 2.74. The van der Waals surface area contributed by atoms with E-state index in [0.717, 1.165) is 0 Å². The molecule has 5 nitrogen and oxygen atoms in total. The molecule has 1 aliphatic rings. The Morgan fingerprint density at radius 3 is 2.20 bits per heavy atom. The van der Waals surface area contributed by atoms with Crippen LogP contribution < -0.4 is 5.73 Å². The van der Waals surface area contributed by atoms with Gasteiger partial charge in [0.15, 0.2) is 0 Å². The minimum absolute atomic E-state index is 0.153. The van der Waals surface area contributed by atoms with Gasteiger partial charge in [-0.05, 0) is 5.41 Å². The van der Waals surface area contributed by atoms with Gasteiger partial charge in [0.25, 0.3) is 0 Å². The molecular formula is C10H18N2O3. The highest BCUT2D eigenvalue weighted by atomic mass is 16.4. The fraction of sp³-hybridized carbons (Fsp3) is 0.800. The zero-order valence-corrected chi connectivity index (χ0v) is 9.36. The van der Waals surface area contributed by atoms with E-state index < -0.39 is 17.9 Å². The molecule has 86 valence electrons. The van der Waals surface area contributed by atoms with Crippen LogP contribution in [0.25, 0.3) is 0 Å². The molecule has 1 aliphatic heterocycles. The number of amides is 1. The largest absolute Gasteiger partial charge is 0.481 e. The number of hydrogen-bond acceptors (Lipinski definition) is 3. The molecule has 1 fully saturated rings. The number of rotatable bonds is 2. The van der Waals surface area contributed by atoms with Crippen molar-refractivity contribution in [1.29, 1.82) is 0 Å². The average Bonchev–Trinajstić information content (AvgIpc) is 1.97. The average molecular weight is 214 g/mol. The van der Waals surface area contributed by atoms with Gasteiger partial charge in [-0.1, -0.05) is 20.8 Å².